The highest BCUT2D eigenvalue weighted by Crippen LogP contribution is 2.19. The van der Waals surface area contributed by atoms with Crippen molar-refractivity contribution in [3.8, 4) is 0 Å². The molecule has 0 saturated carbocycles. The summed E-state index contributed by atoms with van der Waals surface area (Å²) in [4.78, 5) is 0. The maximum Gasteiger partial charge on any atom is 0.0392 e. The van der Waals surface area contributed by atoms with Crippen molar-refractivity contribution in [1.82, 2.24) is 10.6 Å². The van der Waals surface area contributed by atoms with Gasteiger partial charge in [-0.1, -0.05) is 0 Å². The van der Waals surface area contributed by atoms with E-state index in [2.05, 4.69) is 24.5 Å². The van der Waals surface area contributed by atoms with Crippen molar-refractivity contribution in [2.45, 2.75) is 20.3 Å². The van der Waals surface area contributed by atoms with Gasteiger partial charge >= 0.3 is 0 Å². The topological polar surface area (TPSA) is 76.1 Å². The van der Waals surface area contributed by atoms with Gasteiger partial charge < -0.3 is 22.1 Å². The molecule has 4 nitrogen and oxygen atoms in total. The van der Waals surface area contributed by atoms with Crippen LogP contribution in [-0.2, 0) is 0 Å². The molecule has 19 heavy (non-hydrogen) atoms. The maximum absolute atomic E-state index is 5.80. The van der Waals surface area contributed by atoms with E-state index in [1.54, 1.807) is 0 Å². The molecule has 0 fully saturated rings. The van der Waals surface area contributed by atoms with E-state index in [0.717, 1.165) is 29.2 Å². The zero-order valence-electron chi connectivity index (χ0n) is 11.3. The molecule has 0 aromatic rings. The highest BCUT2D eigenvalue weighted by molar-refractivity contribution is 5.40. The van der Waals surface area contributed by atoms with Crippen LogP contribution in [0.5, 0.6) is 0 Å². The lowest BCUT2D eigenvalue weighted by Crippen LogP contribution is -2.14. The largest absolute Gasteiger partial charge is 0.399 e. The van der Waals surface area contributed by atoms with Gasteiger partial charge in [-0.15, -0.1) is 0 Å². The van der Waals surface area contributed by atoms with Crippen molar-refractivity contribution in [1.29, 1.82) is 0 Å². The highest BCUT2D eigenvalue weighted by Gasteiger charge is 2.07. The Hall–Kier alpha value is -2.36. The second-order valence-electron chi connectivity index (χ2n) is 4.81. The lowest BCUT2D eigenvalue weighted by Gasteiger charge is -2.16. The Morgan fingerprint density at radius 1 is 0.895 bits per heavy atom. The van der Waals surface area contributed by atoms with Gasteiger partial charge in [0.25, 0.3) is 0 Å². The summed E-state index contributed by atoms with van der Waals surface area (Å²) in [5, 5.41) is 6.42. The molecule has 0 unspecified atom stereocenters. The molecule has 0 aromatic carbocycles. The number of rotatable bonds is 2. The van der Waals surface area contributed by atoms with Gasteiger partial charge in [-0.25, -0.2) is 0 Å². The van der Waals surface area contributed by atoms with Gasteiger partial charge in [0.1, 0.15) is 0 Å². The van der Waals surface area contributed by atoms with Crippen molar-refractivity contribution < 1.29 is 0 Å². The summed E-state index contributed by atoms with van der Waals surface area (Å²) < 4.78 is 0. The number of hydrogen-bond acceptors (Lipinski definition) is 4. The third kappa shape index (κ3) is 3.31. The Bertz CT molecular complexity index is 507. The van der Waals surface area contributed by atoms with E-state index < -0.39 is 0 Å². The maximum atomic E-state index is 5.80. The molecule has 6 N–H and O–H groups in total. The van der Waals surface area contributed by atoms with Crippen LogP contribution in [0, 0.1) is 0 Å². The van der Waals surface area contributed by atoms with Gasteiger partial charge in [0.05, 0.1) is 0 Å². The molecule has 2 rings (SSSR count). The van der Waals surface area contributed by atoms with E-state index >= 15 is 0 Å². The Morgan fingerprint density at radius 3 is 1.68 bits per heavy atom. The van der Waals surface area contributed by atoms with Crippen LogP contribution in [0.1, 0.15) is 20.3 Å². The molecule has 0 spiro atoms. The third-order valence-electron chi connectivity index (χ3n) is 3.10. The first-order valence-corrected chi connectivity index (χ1v) is 6.26. The fourth-order valence-electron chi connectivity index (χ4n) is 2.05. The van der Waals surface area contributed by atoms with Gasteiger partial charge in [-0.05, 0) is 55.7 Å². The van der Waals surface area contributed by atoms with Gasteiger partial charge in [-0.3, -0.25) is 0 Å². The van der Waals surface area contributed by atoms with E-state index in [0.29, 0.717) is 0 Å². The third-order valence-corrected chi connectivity index (χ3v) is 3.10. The Morgan fingerprint density at radius 2 is 1.32 bits per heavy atom. The van der Waals surface area contributed by atoms with Crippen LogP contribution in [0.3, 0.4) is 0 Å². The standard InChI is InChI=1S/C15H20N4/c1-10(14-8-12(16)3-5-18-14)7-11(2)15-9-13(17)4-6-19-15/h3-6,8-9,18-19H,7,16-17H2,1-2H3. The molecule has 0 amide bonds. The van der Waals surface area contributed by atoms with Crippen molar-refractivity contribution in [2.24, 2.45) is 11.5 Å². The average Bonchev–Trinajstić information content (AvgIpc) is 2.38. The van der Waals surface area contributed by atoms with E-state index in [1.807, 2.05) is 36.7 Å². The van der Waals surface area contributed by atoms with E-state index in [9.17, 15) is 0 Å². The number of dihydropyridines is 2. The molecule has 0 saturated heterocycles. The van der Waals surface area contributed by atoms with Crippen LogP contribution in [0.15, 0.2) is 70.6 Å². The molecular formula is C15H20N4. The van der Waals surface area contributed by atoms with E-state index in [1.165, 1.54) is 11.1 Å². The minimum absolute atomic E-state index is 0.765. The second-order valence-corrected chi connectivity index (χ2v) is 4.81. The molecule has 0 aliphatic carbocycles. The molecule has 0 radical (unpaired) electrons. The molecular weight excluding hydrogens is 236 g/mol. The van der Waals surface area contributed by atoms with E-state index in [4.69, 9.17) is 11.5 Å². The quantitative estimate of drug-likeness (QED) is 0.608. The molecule has 0 bridgehead atoms. The Kier molecular flexibility index (Phi) is 3.80. The summed E-state index contributed by atoms with van der Waals surface area (Å²) in [6, 6.07) is 0. The minimum Gasteiger partial charge on any atom is -0.399 e. The van der Waals surface area contributed by atoms with Gasteiger partial charge in [0.2, 0.25) is 0 Å². The van der Waals surface area contributed by atoms with Crippen LogP contribution >= 0.6 is 0 Å². The monoisotopic (exact) mass is 256 g/mol. The molecule has 2 aliphatic rings. The van der Waals surface area contributed by atoms with Gasteiger partial charge in [0, 0.05) is 35.2 Å². The van der Waals surface area contributed by atoms with Crippen LogP contribution < -0.4 is 22.1 Å². The minimum atomic E-state index is 0.765. The smallest absolute Gasteiger partial charge is 0.0392 e. The summed E-state index contributed by atoms with van der Waals surface area (Å²) >= 11 is 0. The number of nitrogens with one attached hydrogen (secondary N) is 2. The first-order valence-electron chi connectivity index (χ1n) is 6.26. The lowest BCUT2D eigenvalue weighted by atomic mass is 10.0. The van der Waals surface area contributed by atoms with E-state index in [-0.39, 0.29) is 0 Å². The van der Waals surface area contributed by atoms with Crippen LogP contribution in [0.2, 0.25) is 0 Å². The molecule has 4 heteroatoms. The van der Waals surface area contributed by atoms with Crippen molar-refractivity contribution >= 4 is 0 Å². The normalized spacial score (nSPS) is 23.1. The Balaban J connectivity index is 2.18. The summed E-state index contributed by atoms with van der Waals surface area (Å²) in [7, 11) is 0. The van der Waals surface area contributed by atoms with Gasteiger partial charge in [0.15, 0.2) is 0 Å². The molecule has 100 valence electrons. The predicted molar refractivity (Wildman–Crippen MR) is 79.1 cm³/mol. The Labute approximate surface area is 113 Å². The average molecular weight is 256 g/mol. The number of allylic oxidation sites excluding steroid dienone is 6. The molecule has 0 aromatic heterocycles. The first-order chi connectivity index (χ1) is 9.06. The van der Waals surface area contributed by atoms with Crippen molar-refractivity contribution in [3.05, 3.63) is 70.6 Å². The fraction of sp³-hybridized carbons (Fsp3) is 0.200. The lowest BCUT2D eigenvalue weighted by molar-refractivity contribution is 0.948. The summed E-state index contributed by atoms with van der Waals surface area (Å²) in [5.41, 5.74) is 17.7. The molecule has 2 heterocycles. The second kappa shape index (κ2) is 5.52. The van der Waals surface area contributed by atoms with Crippen LogP contribution in [0.4, 0.5) is 0 Å². The highest BCUT2D eigenvalue weighted by atomic mass is 14.9. The van der Waals surface area contributed by atoms with Crippen molar-refractivity contribution in [2.75, 3.05) is 0 Å². The zero-order valence-corrected chi connectivity index (χ0v) is 11.3. The van der Waals surface area contributed by atoms with Crippen LogP contribution in [0.25, 0.3) is 0 Å². The first kappa shape index (κ1) is 13.1. The van der Waals surface area contributed by atoms with Crippen molar-refractivity contribution in [3.63, 3.8) is 0 Å². The predicted octanol–water partition coefficient (Wildman–Crippen LogP) is 1.84. The SMILES string of the molecule is CC(CC(C)=C1C=C(N)C=CN1)=C1C=C(N)C=CN1. The van der Waals surface area contributed by atoms with Gasteiger partial charge in [-0.2, -0.15) is 0 Å². The number of nitrogens with two attached hydrogens (primary N) is 2. The van der Waals surface area contributed by atoms with Crippen LogP contribution in [-0.4, -0.2) is 0 Å². The summed E-state index contributed by atoms with van der Waals surface area (Å²) in [6.45, 7) is 4.20. The zero-order chi connectivity index (χ0) is 13.8. The number of hydrogen-bond donors (Lipinski definition) is 4. The molecule has 0 atom stereocenters. The molecule has 2 aliphatic heterocycles. The summed E-state index contributed by atoms with van der Waals surface area (Å²) in [5.74, 6) is 0. The fourth-order valence-corrected chi connectivity index (χ4v) is 2.05. The summed E-state index contributed by atoms with van der Waals surface area (Å²) in [6.07, 6.45) is 12.2.